The molecule has 19 heavy (non-hydrogen) atoms. The monoisotopic (exact) mass is 275 g/mol. The number of benzene rings is 2. The second-order valence-electron chi connectivity index (χ2n) is 4.71. The van der Waals surface area contributed by atoms with Crippen LogP contribution in [0.2, 0.25) is 0 Å². The highest BCUT2D eigenvalue weighted by Crippen LogP contribution is 2.24. The van der Waals surface area contributed by atoms with Gasteiger partial charge in [0.25, 0.3) is 0 Å². The molecule has 2 aromatic rings. The first-order chi connectivity index (χ1) is 8.88. The van der Waals surface area contributed by atoms with Gasteiger partial charge >= 0.3 is 0 Å². The van der Waals surface area contributed by atoms with E-state index >= 15 is 0 Å². The molecular weight excluding hydrogens is 258 g/mol. The first kappa shape index (κ1) is 13.8. The van der Waals surface area contributed by atoms with Gasteiger partial charge in [-0.3, -0.25) is 0 Å². The average Bonchev–Trinajstić information content (AvgIpc) is 2.38. The van der Waals surface area contributed by atoms with Crippen molar-refractivity contribution in [3.05, 3.63) is 54.1 Å². The minimum atomic E-state index is -3.18. The Kier molecular flexibility index (Phi) is 3.73. The average molecular weight is 275 g/mol. The van der Waals surface area contributed by atoms with Crippen molar-refractivity contribution in [2.24, 2.45) is 5.73 Å². The maximum atomic E-state index is 11.6. The fourth-order valence-electron chi connectivity index (χ4n) is 1.91. The maximum absolute atomic E-state index is 11.6. The Morgan fingerprint density at radius 1 is 1.00 bits per heavy atom. The normalized spacial score (nSPS) is 13.2. The van der Waals surface area contributed by atoms with Gasteiger partial charge in [0.05, 0.1) is 4.90 Å². The molecule has 1 atom stereocenters. The first-order valence-corrected chi connectivity index (χ1v) is 7.93. The Morgan fingerprint density at radius 2 is 1.58 bits per heavy atom. The van der Waals surface area contributed by atoms with Crippen LogP contribution in [0.3, 0.4) is 0 Å². The summed E-state index contributed by atoms with van der Waals surface area (Å²) in [6.07, 6.45) is 1.21. The van der Waals surface area contributed by atoms with Gasteiger partial charge < -0.3 is 5.73 Å². The van der Waals surface area contributed by atoms with Crippen LogP contribution in [0.4, 0.5) is 0 Å². The van der Waals surface area contributed by atoms with Crippen LogP contribution in [-0.2, 0) is 9.84 Å². The molecule has 4 heteroatoms. The molecule has 0 aliphatic carbocycles. The predicted molar refractivity (Wildman–Crippen MR) is 77.6 cm³/mol. The molecule has 0 aromatic heterocycles. The number of nitrogens with two attached hydrogens (primary N) is 1. The van der Waals surface area contributed by atoms with Crippen LogP contribution in [0.5, 0.6) is 0 Å². The van der Waals surface area contributed by atoms with Crippen molar-refractivity contribution in [1.82, 2.24) is 0 Å². The number of sulfone groups is 1. The molecule has 0 fully saturated rings. The van der Waals surface area contributed by atoms with Gasteiger partial charge in [0.1, 0.15) is 0 Å². The van der Waals surface area contributed by atoms with Crippen LogP contribution < -0.4 is 5.73 Å². The highest BCUT2D eigenvalue weighted by atomic mass is 32.2. The lowest BCUT2D eigenvalue weighted by molar-refractivity contribution is 0.602. The maximum Gasteiger partial charge on any atom is 0.175 e. The third kappa shape index (κ3) is 3.22. The summed E-state index contributed by atoms with van der Waals surface area (Å²) in [6, 6.07) is 14.7. The summed E-state index contributed by atoms with van der Waals surface area (Å²) in [7, 11) is -3.18. The van der Waals surface area contributed by atoms with Crippen molar-refractivity contribution in [2.45, 2.75) is 17.9 Å². The molecule has 0 radical (unpaired) electrons. The molecule has 0 amide bonds. The Bertz CT molecular complexity index is 691. The summed E-state index contributed by atoms with van der Waals surface area (Å²) in [6.45, 7) is 1.92. The van der Waals surface area contributed by atoms with Gasteiger partial charge in [0, 0.05) is 12.3 Å². The molecule has 3 nitrogen and oxygen atoms in total. The highest BCUT2D eigenvalue weighted by Gasteiger charge is 2.09. The molecule has 2 N–H and O–H groups in total. The van der Waals surface area contributed by atoms with Crippen molar-refractivity contribution in [1.29, 1.82) is 0 Å². The van der Waals surface area contributed by atoms with E-state index in [0.717, 1.165) is 16.7 Å². The Morgan fingerprint density at radius 3 is 2.16 bits per heavy atom. The van der Waals surface area contributed by atoms with Crippen molar-refractivity contribution in [2.75, 3.05) is 6.26 Å². The lowest BCUT2D eigenvalue weighted by atomic mass is 10.0. The molecular formula is C15H17NO2S. The zero-order valence-corrected chi connectivity index (χ0v) is 11.8. The molecule has 2 aromatic carbocycles. The van der Waals surface area contributed by atoms with E-state index in [2.05, 4.69) is 0 Å². The van der Waals surface area contributed by atoms with Crippen molar-refractivity contribution >= 4 is 9.84 Å². The molecule has 100 valence electrons. The Hall–Kier alpha value is -1.65. The van der Waals surface area contributed by atoms with Gasteiger partial charge in [-0.1, -0.05) is 30.3 Å². The molecule has 0 aliphatic heterocycles. The fraction of sp³-hybridized carbons (Fsp3) is 0.200. The summed E-state index contributed by atoms with van der Waals surface area (Å²) in [5.74, 6) is 0. The minimum Gasteiger partial charge on any atom is -0.324 e. The topological polar surface area (TPSA) is 60.2 Å². The van der Waals surface area contributed by atoms with E-state index in [0.29, 0.717) is 4.90 Å². The van der Waals surface area contributed by atoms with Gasteiger partial charge in [-0.2, -0.15) is 0 Å². The quantitative estimate of drug-likeness (QED) is 0.937. The summed E-state index contributed by atoms with van der Waals surface area (Å²) in [5, 5.41) is 0. The summed E-state index contributed by atoms with van der Waals surface area (Å²) in [5.41, 5.74) is 8.75. The van der Waals surface area contributed by atoms with Crippen LogP contribution in [-0.4, -0.2) is 14.7 Å². The summed E-state index contributed by atoms with van der Waals surface area (Å²) < 4.78 is 23.1. The molecule has 0 bridgehead atoms. The van der Waals surface area contributed by atoms with E-state index in [-0.39, 0.29) is 6.04 Å². The molecule has 0 saturated carbocycles. The molecule has 0 saturated heterocycles. The molecule has 2 rings (SSSR count). The highest BCUT2D eigenvalue weighted by molar-refractivity contribution is 7.90. The van der Waals surface area contributed by atoms with Crippen molar-refractivity contribution in [3.63, 3.8) is 0 Å². The Balaban J connectivity index is 2.51. The molecule has 0 aliphatic rings. The third-order valence-corrected chi connectivity index (χ3v) is 4.12. The fourth-order valence-corrected chi connectivity index (χ4v) is 2.57. The van der Waals surface area contributed by atoms with Gasteiger partial charge in [0.2, 0.25) is 0 Å². The van der Waals surface area contributed by atoms with Gasteiger partial charge in [-0.15, -0.1) is 0 Å². The van der Waals surface area contributed by atoms with E-state index in [4.69, 9.17) is 5.73 Å². The van der Waals surface area contributed by atoms with Gasteiger partial charge in [0.15, 0.2) is 9.84 Å². The van der Waals surface area contributed by atoms with Crippen LogP contribution in [0, 0.1) is 0 Å². The SMILES string of the molecule is C[C@@H](N)c1cccc(-c2cccc(S(C)(=O)=O)c2)c1. The van der Waals surface area contributed by atoms with Crippen molar-refractivity contribution < 1.29 is 8.42 Å². The number of hydrogen-bond donors (Lipinski definition) is 1. The smallest absolute Gasteiger partial charge is 0.175 e. The largest absolute Gasteiger partial charge is 0.324 e. The number of hydrogen-bond acceptors (Lipinski definition) is 3. The van der Waals surface area contributed by atoms with Crippen LogP contribution >= 0.6 is 0 Å². The zero-order valence-electron chi connectivity index (χ0n) is 11.0. The standard InChI is InChI=1S/C15H17NO2S/c1-11(16)12-5-3-6-13(9-12)14-7-4-8-15(10-14)19(2,17)18/h3-11H,16H2,1-2H3/t11-/m1/s1. The van der Waals surface area contributed by atoms with Crippen LogP contribution in [0.15, 0.2) is 53.4 Å². The molecule has 0 heterocycles. The van der Waals surface area contributed by atoms with E-state index < -0.39 is 9.84 Å². The third-order valence-electron chi connectivity index (χ3n) is 3.01. The van der Waals surface area contributed by atoms with E-state index in [1.54, 1.807) is 18.2 Å². The van der Waals surface area contributed by atoms with E-state index in [1.807, 2.05) is 37.3 Å². The van der Waals surface area contributed by atoms with Crippen molar-refractivity contribution in [3.8, 4) is 11.1 Å². The van der Waals surface area contributed by atoms with Gasteiger partial charge in [-0.25, -0.2) is 8.42 Å². The first-order valence-electron chi connectivity index (χ1n) is 6.04. The molecule has 0 unspecified atom stereocenters. The second kappa shape index (κ2) is 5.15. The summed E-state index contributed by atoms with van der Waals surface area (Å²) >= 11 is 0. The molecule has 0 spiro atoms. The van der Waals surface area contributed by atoms with E-state index in [1.165, 1.54) is 6.26 Å². The zero-order chi connectivity index (χ0) is 14.0. The lowest BCUT2D eigenvalue weighted by Crippen LogP contribution is -2.04. The second-order valence-corrected chi connectivity index (χ2v) is 6.73. The summed E-state index contributed by atoms with van der Waals surface area (Å²) in [4.78, 5) is 0.330. The van der Waals surface area contributed by atoms with Gasteiger partial charge in [-0.05, 0) is 41.8 Å². The predicted octanol–water partition coefficient (Wildman–Crippen LogP) is 2.78. The van der Waals surface area contributed by atoms with Crippen LogP contribution in [0.1, 0.15) is 18.5 Å². The Labute approximate surface area is 114 Å². The minimum absolute atomic E-state index is 0.0435. The number of rotatable bonds is 3. The van der Waals surface area contributed by atoms with E-state index in [9.17, 15) is 8.42 Å². The lowest BCUT2D eigenvalue weighted by Gasteiger charge is -2.09. The van der Waals surface area contributed by atoms with Crippen LogP contribution in [0.25, 0.3) is 11.1 Å².